The Balaban J connectivity index is 2.89. The zero-order chi connectivity index (χ0) is 13.8. The van der Waals surface area contributed by atoms with E-state index >= 15 is 0 Å². The van der Waals surface area contributed by atoms with Gasteiger partial charge in [-0.2, -0.15) is 0 Å². The Bertz CT molecular complexity index is 391. The molecule has 1 heterocycles. The normalized spacial score (nSPS) is 27.1. The van der Waals surface area contributed by atoms with Gasteiger partial charge in [-0.15, -0.1) is 0 Å². The van der Waals surface area contributed by atoms with Gasteiger partial charge in [0, 0.05) is 0 Å². The van der Waals surface area contributed by atoms with Gasteiger partial charge in [-0.05, 0) is 32.2 Å². The van der Waals surface area contributed by atoms with Crippen LogP contribution in [0.25, 0.3) is 0 Å². The van der Waals surface area contributed by atoms with Gasteiger partial charge in [0.05, 0.1) is 18.1 Å². The predicted octanol–water partition coefficient (Wildman–Crippen LogP) is 0.742. The van der Waals surface area contributed by atoms with Crippen LogP contribution in [-0.2, 0) is 19.4 Å². The van der Waals surface area contributed by atoms with Crippen LogP contribution in [0.2, 0.25) is 0 Å². The first-order chi connectivity index (χ1) is 8.31. The SMILES string of the molecule is CCOC(=O)C1(NCC(C)C)CCCS(=O)(=O)C1. The first-order valence-electron chi connectivity index (χ1n) is 6.44. The summed E-state index contributed by atoms with van der Waals surface area (Å²) < 4.78 is 28.6. The Labute approximate surface area is 109 Å². The minimum absolute atomic E-state index is 0.147. The minimum Gasteiger partial charge on any atom is -0.465 e. The number of esters is 1. The average Bonchev–Trinajstić information content (AvgIpc) is 2.25. The van der Waals surface area contributed by atoms with Gasteiger partial charge in [-0.3, -0.25) is 4.79 Å². The van der Waals surface area contributed by atoms with Crippen molar-refractivity contribution in [3.8, 4) is 0 Å². The van der Waals surface area contributed by atoms with E-state index in [1.807, 2.05) is 13.8 Å². The quantitative estimate of drug-likeness (QED) is 0.751. The third kappa shape index (κ3) is 3.95. The van der Waals surface area contributed by atoms with Crippen molar-refractivity contribution < 1.29 is 17.9 Å². The number of carbonyl (C=O) groups is 1. The van der Waals surface area contributed by atoms with Gasteiger partial charge in [0.15, 0.2) is 9.84 Å². The standard InChI is InChI=1S/C12H23NO4S/c1-4-17-11(14)12(13-8-10(2)3)6-5-7-18(15,16)9-12/h10,13H,4-9H2,1-3H3. The van der Waals surface area contributed by atoms with Crippen molar-refractivity contribution in [2.24, 2.45) is 5.92 Å². The third-order valence-electron chi connectivity index (χ3n) is 3.04. The van der Waals surface area contributed by atoms with E-state index in [2.05, 4.69) is 5.32 Å². The molecular weight excluding hydrogens is 254 g/mol. The van der Waals surface area contributed by atoms with E-state index in [4.69, 9.17) is 4.74 Å². The van der Waals surface area contributed by atoms with E-state index in [-0.39, 0.29) is 18.1 Å². The molecule has 0 amide bonds. The molecule has 0 spiro atoms. The molecule has 5 nitrogen and oxygen atoms in total. The number of sulfone groups is 1. The van der Waals surface area contributed by atoms with Crippen molar-refractivity contribution in [2.45, 2.75) is 39.2 Å². The zero-order valence-corrected chi connectivity index (χ0v) is 12.2. The highest BCUT2D eigenvalue weighted by atomic mass is 32.2. The lowest BCUT2D eigenvalue weighted by Crippen LogP contribution is -2.60. The van der Waals surface area contributed by atoms with Gasteiger partial charge in [-0.1, -0.05) is 13.8 Å². The van der Waals surface area contributed by atoms with Crippen molar-refractivity contribution in [1.82, 2.24) is 5.32 Å². The summed E-state index contributed by atoms with van der Waals surface area (Å²) in [6, 6.07) is 0. The van der Waals surface area contributed by atoms with Crippen LogP contribution in [0.5, 0.6) is 0 Å². The number of hydrogen-bond acceptors (Lipinski definition) is 5. The van der Waals surface area contributed by atoms with Crippen LogP contribution < -0.4 is 5.32 Å². The maximum atomic E-state index is 12.1. The monoisotopic (exact) mass is 277 g/mol. The van der Waals surface area contributed by atoms with Gasteiger partial charge in [0.2, 0.25) is 0 Å². The highest BCUT2D eigenvalue weighted by molar-refractivity contribution is 7.91. The van der Waals surface area contributed by atoms with E-state index in [0.29, 0.717) is 25.3 Å². The maximum absolute atomic E-state index is 12.1. The molecule has 0 aromatic heterocycles. The third-order valence-corrected chi connectivity index (χ3v) is 4.88. The summed E-state index contributed by atoms with van der Waals surface area (Å²) >= 11 is 0. The molecule has 1 aliphatic rings. The molecule has 0 aromatic carbocycles. The van der Waals surface area contributed by atoms with Crippen molar-refractivity contribution in [2.75, 3.05) is 24.7 Å². The molecule has 106 valence electrons. The van der Waals surface area contributed by atoms with Gasteiger partial charge in [0.25, 0.3) is 0 Å². The van der Waals surface area contributed by atoms with Crippen LogP contribution in [0.15, 0.2) is 0 Å². The Hall–Kier alpha value is -0.620. The van der Waals surface area contributed by atoms with E-state index in [0.717, 1.165) is 0 Å². The van der Waals surface area contributed by atoms with Gasteiger partial charge in [-0.25, -0.2) is 8.42 Å². The van der Waals surface area contributed by atoms with Gasteiger partial charge >= 0.3 is 5.97 Å². The van der Waals surface area contributed by atoms with E-state index in [1.165, 1.54) is 0 Å². The lowest BCUT2D eigenvalue weighted by Gasteiger charge is -2.35. The highest BCUT2D eigenvalue weighted by Gasteiger charge is 2.46. The molecule has 0 radical (unpaired) electrons. The van der Waals surface area contributed by atoms with Crippen LogP contribution in [0, 0.1) is 5.92 Å². The molecule has 1 N–H and O–H groups in total. The summed E-state index contributed by atoms with van der Waals surface area (Å²) in [6.07, 6.45) is 1.03. The fraction of sp³-hybridized carbons (Fsp3) is 0.917. The first kappa shape index (κ1) is 15.4. The van der Waals surface area contributed by atoms with Gasteiger partial charge in [0.1, 0.15) is 5.54 Å². The molecule has 6 heteroatoms. The van der Waals surface area contributed by atoms with E-state index < -0.39 is 21.3 Å². The largest absolute Gasteiger partial charge is 0.465 e. The second-order valence-electron chi connectivity index (χ2n) is 5.27. The van der Waals surface area contributed by atoms with E-state index in [9.17, 15) is 13.2 Å². The molecule has 0 saturated carbocycles. The fourth-order valence-corrected chi connectivity index (χ4v) is 4.00. The number of hydrogen-bond donors (Lipinski definition) is 1. The molecule has 1 saturated heterocycles. The summed E-state index contributed by atoms with van der Waals surface area (Å²) in [7, 11) is -3.16. The molecule has 1 fully saturated rings. The first-order valence-corrected chi connectivity index (χ1v) is 8.26. The van der Waals surface area contributed by atoms with Crippen molar-refractivity contribution in [3.63, 3.8) is 0 Å². The van der Waals surface area contributed by atoms with Crippen molar-refractivity contribution in [1.29, 1.82) is 0 Å². The van der Waals surface area contributed by atoms with Crippen LogP contribution in [0.4, 0.5) is 0 Å². The average molecular weight is 277 g/mol. The smallest absolute Gasteiger partial charge is 0.327 e. The number of ether oxygens (including phenoxy) is 1. The van der Waals surface area contributed by atoms with Gasteiger partial charge < -0.3 is 10.1 Å². The maximum Gasteiger partial charge on any atom is 0.327 e. The van der Waals surface area contributed by atoms with E-state index in [1.54, 1.807) is 6.92 Å². The summed E-state index contributed by atoms with van der Waals surface area (Å²) in [5.74, 6) is -0.0712. The molecular formula is C12H23NO4S. The predicted molar refractivity (Wildman–Crippen MR) is 70.1 cm³/mol. The van der Waals surface area contributed by atoms with Crippen molar-refractivity contribution >= 4 is 15.8 Å². The zero-order valence-electron chi connectivity index (χ0n) is 11.4. The van der Waals surface area contributed by atoms with Crippen LogP contribution in [0.1, 0.15) is 33.6 Å². The summed E-state index contributed by atoms with van der Waals surface area (Å²) in [5.41, 5.74) is -1.04. The number of carbonyl (C=O) groups excluding carboxylic acids is 1. The topological polar surface area (TPSA) is 72.5 Å². The van der Waals surface area contributed by atoms with Crippen LogP contribution >= 0.6 is 0 Å². The molecule has 18 heavy (non-hydrogen) atoms. The van der Waals surface area contributed by atoms with Crippen molar-refractivity contribution in [3.05, 3.63) is 0 Å². The molecule has 0 bridgehead atoms. The molecule has 1 aliphatic heterocycles. The summed E-state index contributed by atoms with van der Waals surface area (Å²) in [4.78, 5) is 12.1. The Morgan fingerprint density at radius 1 is 1.44 bits per heavy atom. The molecule has 1 atom stereocenters. The summed E-state index contributed by atoms with van der Waals surface area (Å²) in [6.45, 7) is 6.63. The highest BCUT2D eigenvalue weighted by Crippen LogP contribution is 2.25. The summed E-state index contributed by atoms with van der Waals surface area (Å²) in [5, 5.41) is 3.12. The number of rotatable bonds is 5. The second kappa shape index (κ2) is 6.02. The molecule has 0 aromatic rings. The number of nitrogens with one attached hydrogen (secondary N) is 1. The second-order valence-corrected chi connectivity index (χ2v) is 7.46. The molecule has 0 aliphatic carbocycles. The lowest BCUT2D eigenvalue weighted by atomic mass is 9.94. The Morgan fingerprint density at radius 2 is 2.11 bits per heavy atom. The van der Waals surface area contributed by atoms with Crippen LogP contribution in [0.3, 0.4) is 0 Å². The fourth-order valence-electron chi connectivity index (χ4n) is 2.15. The molecule has 1 rings (SSSR count). The molecule has 1 unspecified atom stereocenters. The lowest BCUT2D eigenvalue weighted by molar-refractivity contribution is -0.150. The van der Waals surface area contributed by atoms with Crippen LogP contribution in [-0.4, -0.2) is 44.6 Å². The Morgan fingerprint density at radius 3 is 2.61 bits per heavy atom. The minimum atomic E-state index is -3.16. The Kier molecular flexibility index (Phi) is 5.16.